The molecule has 0 saturated carbocycles. The average molecular weight is 186 g/mol. The number of rotatable bonds is 6. The van der Waals surface area contributed by atoms with Gasteiger partial charge in [-0.15, -0.1) is 0 Å². The molecule has 0 rings (SSSR count). The fourth-order valence-corrected chi connectivity index (χ4v) is 1.35. The van der Waals surface area contributed by atoms with Crippen molar-refractivity contribution in [1.29, 1.82) is 0 Å². The van der Waals surface area contributed by atoms with Crippen LogP contribution < -0.4 is 5.73 Å². The van der Waals surface area contributed by atoms with Gasteiger partial charge in [-0.3, -0.25) is 4.79 Å². The van der Waals surface area contributed by atoms with E-state index >= 15 is 0 Å². The number of hydrogen-bond donors (Lipinski definition) is 1. The molecule has 0 aromatic rings. The van der Waals surface area contributed by atoms with Gasteiger partial charge in [0, 0.05) is 19.5 Å². The van der Waals surface area contributed by atoms with Gasteiger partial charge in [0.15, 0.2) is 0 Å². The van der Waals surface area contributed by atoms with Gasteiger partial charge in [0.25, 0.3) is 0 Å². The van der Waals surface area contributed by atoms with Crippen molar-refractivity contribution in [1.82, 2.24) is 4.90 Å². The first-order valence-electron chi connectivity index (χ1n) is 5.17. The quantitative estimate of drug-likeness (QED) is 0.678. The number of nitrogens with two attached hydrogens (primary N) is 1. The van der Waals surface area contributed by atoms with Crippen LogP contribution >= 0.6 is 0 Å². The van der Waals surface area contributed by atoms with E-state index < -0.39 is 0 Å². The van der Waals surface area contributed by atoms with Crippen molar-refractivity contribution in [3.05, 3.63) is 0 Å². The van der Waals surface area contributed by atoms with E-state index in [0.29, 0.717) is 18.9 Å². The monoisotopic (exact) mass is 186 g/mol. The third-order valence-electron chi connectivity index (χ3n) is 2.49. The molecule has 1 amide bonds. The minimum absolute atomic E-state index is 0.238. The van der Waals surface area contributed by atoms with E-state index in [-0.39, 0.29) is 5.91 Å². The van der Waals surface area contributed by atoms with Crippen LogP contribution in [0.3, 0.4) is 0 Å². The Bertz CT molecular complexity index is 140. The molecular formula is C10H22N2O. The van der Waals surface area contributed by atoms with Gasteiger partial charge < -0.3 is 10.6 Å². The number of carbonyl (C=O) groups excluding carboxylic acids is 1. The number of amides is 1. The zero-order chi connectivity index (χ0) is 10.3. The SMILES string of the molecule is CCC(CN)CC(=O)N(CC)CC. The van der Waals surface area contributed by atoms with Crippen molar-refractivity contribution in [2.45, 2.75) is 33.6 Å². The Hall–Kier alpha value is -0.570. The Morgan fingerprint density at radius 3 is 2.15 bits per heavy atom. The predicted molar refractivity (Wildman–Crippen MR) is 55.4 cm³/mol. The van der Waals surface area contributed by atoms with E-state index in [4.69, 9.17) is 5.73 Å². The van der Waals surface area contributed by atoms with E-state index in [1.165, 1.54) is 0 Å². The van der Waals surface area contributed by atoms with Crippen molar-refractivity contribution in [3.63, 3.8) is 0 Å². The van der Waals surface area contributed by atoms with Crippen molar-refractivity contribution in [2.24, 2.45) is 11.7 Å². The molecule has 0 heterocycles. The molecule has 2 N–H and O–H groups in total. The third-order valence-corrected chi connectivity index (χ3v) is 2.49. The molecule has 0 aliphatic carbocycles. The summed E-state index contributed by atoms with van der Waals surface area (Å²) in [6, 6.07) is 0. The van der Waals surface area contributed by atoms with Gasteiger partial charge in [-0.1, -0.05) is 13.3 Å². The summed E-state index contributed by atoms with van der Waals surface area (Å²) < 4.78 is 0. The number of hydrogen-bond acceptors (Lipinski definition) is 2. The van der Waals surface area contributed by atoms with Gasteiger partial charge in [-0.2, -0.15) is 0 Å². The fraction of sp³-hybridized carbons (Fsp3) is 0.900. The summed E-state index contributed by atoms with van der Waals surface area (Å²) in [5.41, 5.74) is 5.54. The maximum atomic E-state index is 11.6. The smallest absolute Gasteiger partial charge is 0.222 e. The second-order valence-electron chi connectivity index (χ2n) is 3.28. The van der Waals surface area contributed by atoms with Crippen LogP contribution in [0.25, 0.3) is 0 Å². The van der Waals surface area contributed by atoms with Crippen molar-refractivity contribution in [3.8, 4) is 0 Å². The maximum Gasteiger partial charge on any atom is 0.222 e. The minimum atomic E-state index is 0.238. The highest BCUT2D eigenvalue weighted by Gasteiger charge is 2.14. The highest BCUT2D eigenvalue weighted by Crippen LogP contribution is 2.08. The van der Waals surface area contributed by atoms with Crippen molar-refractivity contribution >= 4 is 5.91 Å². The van der Waals surface area contributed by atoms with Gasteiger partial charge in [0.2, 0.25) is 5.91 Å². The standard InChI is InChI=1S/C10H22N2O/c1-4-9(8-11)7-10(13)12(5-2)6-3/h9H,4-8,11H2,1-3H3. The van der Waals surface area contributed by atoms with Crippen LogP contribution in [-0.4, -0.2) is 30.4 Å². The first-order valence-corrected chi connectivity index (χ1v) is 5.17. The Morgan fingerprint density at radius 2 is 1.85 bits per heavy atom. The van der Waals surface area contributed by atoms with E-state index in [1.807, 2.05) is 18.7 Å². The molecule has 0 fully saturated rings. The fourth-order valence-electron chi connectivity index (χ4n) is 1.35. The number of carbonyl (C=O) groups is 1. The minimum Gasteiger partial charge on any atom is -0.343 e. The molecule has 13 heavy (non-hydrogen) atoms. The molecule has 1 atom stereocenters. The van der Waals surface area contributed by atoms with Crippen LogP contribution in [0.1, 0.15) is 33.6 Å². The van der Waals surface area contributed by atoms with Crippen LogP contribution in [-0.2, 0) is 4.79 Å². The first-order chi connectivity index (χ1) is 6.19. The van der Waals surface area contributed by atoms with E-state index in [1.54, 1.807) is 0 Å². The lowest BCUT2D eigenvalue weighted by Gasteiger charge is -2.21. The van der Waals surface area contributed by atoms with Crippen molar-refractivity contribution < 1.29 is 4.79 Å². The zero-order valence-electron chi connectivity index (χ0n) is 9.05. The highest BCUT2D eigenvalue weighted by molar-refractivity contribution is 5.76. The molecule has 0 bridgehead atoms. The summed E-state index contributed by atoms with van der Waals surface area (Å²) in [7, 11) is 0. The van der Waals surface area contributed by atoms with Gasteiger partial charge in [0.1, 0.15) is 0 Å². The molecule has 0 saturated heterocycles. The van der Waals surface area contributed by atoms with Crippen LogP contribution in [0.2, 0.25) is 0 Å². The molecular weight excluding hydrogens is 164 g/mol. The van der Waals surface area contributed by atoms with Crippen LogP contribution in [0, 0.1) is 5.92 Å². The lowest BCUT2D eigenvalue weighted by Crippen LogP contribution is -2.33. The normalized spacial score (nSPS) is 12.6. The van der Waals surface area contributed by atoms with E-state index in [9.17, 15) is 4.79 Å². The molecule has 0 aromatic heterocycles. The molecule has 0 aliphatic heterocycles. The largest absolute Gasteiger partial charge is 0.343 e. The van der Waals surface area contributed by atoms with Gasteiger partial charge in [-0.05, 0) is 26.3 Å². The third kappa shape index (κ3) is 4.27. The Morgan fingerprint density at radius 1 is 1.31 bits per heavy atom. The summed E-state index contributed by atoms with van der Waals surface area (Å²) in [4.78, 5) is 13.5. The molecule has 3 heteroatoms. The van der Waals surface area contributed by atoms with E-state index in [0.717, 1.165) is 19.5 Å². The van der Waals surface area contributed by atoms with Gasteiger partial charge in [-0.25, -0.2) is 0 Å². The van der Waals surface area contributed by atoms with Gasteiger partial charge in [0.05, 0.1) is 0 Å². The van der Waals surface area contributed by atoms with E-state index in [2.05, 4.69) is 6.92 Å². The summed E-state index contributed by atoms with van der Waals surface area (Å²) in [6.07, 6.45) is 1.60. The maximum absolute atomic E-state index is 11.6. The lowest BCUT2D eigenvalue weighted by atomic mass is 10.0. The molecule has 0 radical (unpaired) electrons. The predicted octanol–water partition coefficient (Wildman–Crippen LogP) is 1.23. The zero-order valence-corrected chi connectivity index (χ0v) is 9.05. The Balaban J connectivity index is 3.95. The Kier molecular flexibility index (Phi) is 6.59. The lowest BCUT2D eigenvalue weighted by molar-refractivity contribution is -0.131. The number of nitrogens with zero attached hydrogens (tertiary/aromatic N) is 1. The summed E-state index contributed by atoms with van der Waals surface area (Å²) in [5.74, 6) is 0.593. The topological polar surface area (TPSA) is 46.3 Å². The molecule has 1 unspecified atom stereocenters. The van der Waals surface area contributed by atoms with Gasteiger partial charge >= 0.3 is 0 Å². The van der Waals surface area contributed by atoms with Crippen LogP contribution in [0.15, 0.2) is 0 Å². The molecule has 0 aliphatic rings. The highest BCUT2D eigenvalue weighted by atomic mass is 16.2. The second-order valence-corrected chi connectivity index (χ2v) is 3.28. The average Bonchev–Trinajstić information content (AvgIpc) is 2.16. The first kappa shape index (κ1) is 12.4. The summed E-state index contributed by atoms with van der Waals surface area (Å²) in [6.45, 7) is 8.30. The molecule has 78 valence electrons. The summed E-state index contributed by atoms with van der Waals surface area (Å²) >= 11 is 0. The Labute approximate surface area is 81.3 Å². The second kappa shape index (κ2) is 6.89. The molecule has 3 nitrogen and oxygen atoms in total. The summed E-state index contributed by atoms with van der Waals surface area (Å²) in [5, 5.41) is 0. The van der Waals surface area contributed by atoms with Crippen LogP contribution in [0.4, 0.5) is 0 Å². The molecule has 0 spiro atoms. The van der Waals surface area contributed by atoms with Crippen molar-refractivity contribution in [2.75, 3.05) is 19.6 Å². The van der Waals surface area contributed by atoms with Crippen LogP contribution in [0.5, 0.6) is 0 Å². The molecule has 0 aromatic carbocycles.